The van der Waals surface area contributed by atoms with Crippen molar-refractivity contribution in [1.82, 2.24) is 4.98 Å². The second kappa shape index (κ2) is 4.41. The zero-order chi connectivity index (χ0) is 10.8. The van der Waals surface area contributed by atoms with Crippen molar-refractivity contribution >= 4 is 11.3 Å². The van der Waals surface area contributed by atoms with E-state index in [-0.39, 0.29) is 5.54 Å². The number of thiazole rings is 1. The average molecular weight is 212 g/mol. The molecule has 1 heterocycles. The van der Waals surface area contributed by atoms with Crippen molar-refractivity contribution in [3.63, 3.8) is 0 Å². The van der Waals surface area contributed by atoms with E-state index in [1.165, 1.54) is 5.01 Å². The SMILES string of the molecule is CCC(C)c1nc(C(C)(N)CC)cs1. The predicted molar refractivity (Wildman–Crippen MR) is 62.7 cm³/mol. The second-order valence-corrected chi connectivity index (χ2v) is 5.04. The van der Waals surface area contributed by atoms with Crippen LogP contribution in [0.3, 0.4) is 0 Å². The fraction of sp³-hybridized carbons (Fsp3) is 0.727. The average Bonchev–Trinajstić information content (AvgIpc) is 2.66. The van der Waals surface area contributed by atoms with E-state index in [0.717, 1.165) is 18.5 Å². The van der Waals surface area contributed by atoms with E-state index in [0.29, 0.717) is 5.92 Å². The maximum absolute atomic E-state index is 6.14. The first-order valence-corrected chi connectivity index (χ1v) is 6.14. The minimum Gasteiger partial charge on any atom is -0.320 e. The summed E-state index contributed by atoms with van der Waals surface area (Å²) < 4.78 is 0. The largest absolute Gasteiger partial charge is 0.320 e. The van der Waals surface area contributed by atoms with E-state index in [2.05, 4.69) is 31.1 Å². The number of rotatable bonds is 4. The smallest absolute Gasteiger partial charge is 0.0957 e. The van der Waals surface area contributed by atoms with Crippen LogP contribution in [0.5, 0.6) is 0 Å². The van der Waals surface area contributed by atoms with Crippen LogP contribution in [0.25, 0.3) is 0 Å². The van der Waals surface area contributed by atoms with Crippen molar-refractivity contribution in [3.05, 3.63) is 16.1 Å². The van der Waals surface area contributed by atoms with Gasteiger partial charge in [0.2, 0.25) is 0 Å². The van der Waals surface area contributed by atoms with E-state index in [1.54, 1.807) is 11.3 Å². The molecule has 1 aromatic heterocycles. The first kappa shape index (κ1) is 11.7. The van der Waals surface area contributed by atoms with Crippen LogP contribution in [0, 0.1) is 0 Å². The molecule has 0 saturated carbocycles. The van der Waals surface area contributed by atoms with Gasteiger partial charge in [0, 0.05) is 11.3 Å². The minimum absolute atomic E-state index is 0.262. The number of aromatic nitrogens is 1. The van der Waals surface area contributed by atoms with Crippen LogP contribution in [0.4, 0.5) is 0 Å². The third kappa shape index (κ3) is 2.34. The van der Waals surface area contributed by atoms with Crippen LogP contribution < -0.4 is 5.73 Å². The van der Waals surface area contributed by atoms with Crippen molar-refractivity contribution < 1.29 is 0 Å². The Balaban J connectivity index is 2.88. The lowest BCUT2D eigenvalue weighted by molar-refractivity contribution is 0.462. The van der Waals surface area contributed by atoms with Gasteiger partial charge < -0.3 is 5.73 Å². The normalized spacial score (nSPS) is 17.8. The van der Waals surface area contributed by atoms with Gasteiger partial charge in [0.15, 0.2) is 0 Å². The quantitative estimate of drug-likeness (QED) is 0.832. The van der Waals surface area contributed by atoms with Gasteiger partial charge in [-0.2, -0.15) is 0 Å². The molecule has 2 atom stereocenters. The highest BCUT2D eigenvalue weighted by Gasteiger charge is 2.22. The molecule has 1 aromatic rings. The lowest BCUT2D eigenvalue weighted by atomic mass is 9.97. The molecule has 0 spiro atoms. The summed E-state index contributed by atoms with van der Waals surface area (Å²) in [5, 5.41) is 3.32. The van der Waals surface area contributed by atoms with Crippen LogP contribution in [0.1, 0.15) is 57.2 Å². The molecule has 0 aliphatic rings. The molecule has 0 aliphatic heterocycles. The molecule has 80 valence electrons. The van der Waals surface area contributed by atoms with Crippen molar-refractivity contribution in [2.75, 3.05) is 0 Å². The Hall–Kier alpha value is -0.410. The molecular weight excluding hydrogens is 192 g/mol. The van der Waals surface area contributed by atoms with Gasteiger partial charge in [-0.25, -0.2) is 4.98 Å². The molecule has 0 saturated heterocycles. The Morgan fingerprint density at radius 1 is 1.57 bits per heavy atom. The molecular formula is C11H20N2S. The van der Waals surface area contributed by atoms with Gasteiger partial charge in [-0.1, -0.05) is 20.8 Å². The third-order valence-electron chi connectivity index (χ3n) is 2.88. The van der Waals surface area contributed by atoms with Gasteiger partial charge in [0.1, 0.15) is 0 Å². The molecule has 0 fully saturated rings. The Labute approximate surface area is 90.6 Å². The van der Waals surface area contributed by atoms with Crippen molar-refractivity contribution in [2.24, 2.45) is 5.73 Å². The molecule has 0 aliphatic carbocycles. The fourth-order valence-electron chi connectivity index (χ4n) is 1.13. The number of hydrogen-bond donors (Lipinski definition) is 1. The highest BCUT2D eigenvalue weighted by molar-refractivity contribution is 7.09. The van der Waals surface area contributed by atoms with E-state index in [9.17, 15) is 0 Å². The van der Waals surface area contributed by atoms with Gasteiger partial charge in [-0.05, 0) is 19.8 Å². The summed E-state index contributed by atoms with van der Waals surface area (Å²) in [6.45, 7) is 8.54. The number of hydrogen-bond acceptors (Lipinski definition) is 3. The highest BCUT2D eigenvalue weighted by Crippen LogP contribution is 2.28. The highest BCUT2D eigenvalue weighted by atomic mass is 32.1. The van der Waals surface area contributed by atoms with Crippen LogP contribution in [0.2, 0.25) is 0 Å². The van der Waals surface area contributed by atoms with Crippen molar-refractivity contribution in [2.45, 2.75) is 52.0 Å². The third-order valence-corrected chi connectivity index (χ3v) is 3.95. The van der Waals surface area contributed by atoms with Crippen LogP contribution >= 0.6 is 11.3 Å². The number of nitrogens with zero attached hydrogens (tertiary/aromatic N) is 1. The molecule has 0 amide bonds. The van der Waals surface area contributed by atoms with E-state index in [4.69, 9.17) is 5.73 Å². The molecule has 3 heteroatoms. The summed E-state index contributed by atoms with van der Waals surface area (Å²) >= 11 is 1.73. The fourth-order valence-corrected chi connectivity index (χ4v) is 2.24. The molecule has 2 unspecified atom stereocenters. The van der Waals surface area contributed by atoms with Gasteiger partial charge in [-0.3, -0.25) is 0 Å². The first-order chi connectivity index (χ1) is 6.51. The van der Waals surface area contributed by atoms with Gasteiger partial charge in [-0.15, -0.1) is 11.3 Å². The lowest BCUT2D eigenvalue weighted by Crippen LogP contribution is -2.32. The second-order valence-electron chi connectivity index (χ2n) is 4.15. The molecule has 0 aromatic carbocycles. The standard InChI is InChI=1S/C11H20N2S/c1-5-8(3)10-13-9(7-14-10)11(4,12)6-2/h7-8H,5-6,12H2,1-4H3. The van der Waals surface area contributed by atoms with Gasteiger partial charge >= 0.3 is 0 Å². The van der Waals surface area contributed by atoms with E-state index in [1.807, 2.05) is 6.92 Å². The summed E-state index contributed by atoms with van der Waals surface area (Å²) in [7, 11) is 0. The van der Waals surface area contributed by atoms with E-state index < -0.39 is 0 Å². The molecule has 2 nitrogen and oxygen atoms in total. The Kier molecular flexibility index (Phi) is 3.67. The molecule has 0 bridgehead atoms. The Morgan fingerprint density at radius 2 is 2.21 bits per heavy atom. The van der Waals surface area contributed by atoms with E-state index >= 15 is 0 Å². The molecule has 0 radical (unpaired) electrons. The minimum atomic E-state index is -0.262. The lowest BCUT2D eigenvalue weighted by Gasteiger charge is -2.19. The monoisotopic (exact) mass is 212 g/mol. The van der Waals surface area contributed by atoms with Gasteiger partial charge in [0.25, 0.3) is 0 Å². The van der Waals surface area contributed by atoms with Gasteiger partial charge in [0.05, 0.1) is 16.2 Å². The van der Waals surface area contributed by atoms with Crippen molar-refractivity contribution in [3.8, 4) is 0 Å². The summed E-state index contributed by atoms with van der Waals surface area (Å²) in [4.78, 5) is 4.62. The Bertz CT molecular complexity index is 291. The predicted octanol–water partition coefficient (Wildman–Crippen LogP) is 3.24. The molecule has 2 N–H and O–H groups in total. The van der Waals surface area contributed by atoms with Crippen molar-refractivity contribution in [1.29, 1.82) is 0 Å². The van der Waals surface area contributed by atoms with Crippen LogP contribution in [-0.4, -0.2) is 4.98 Å². The summed E-state index contributed by atoms with van der Waals surface area (Å²) in [5.74, 6) is 0.557. The zero-order valence-electron chi connectivity index (χ0n) is 9.50. The first-order valence-electron chi connectivity index (χ1n) is 5.26. The molecule has 14 heavy (non-hydrogen) atoms. The maximum atomic E-state index is 6.14. The maximum Gasteiger partial charge on any atom is 0.0957 e. The summed E-state index contributed by atoms with van der Waals surface area (Å²) in [6.07, 6.45) is 2.07. The Morgan fingerprint density at radius 3 is 2.71 bits per heavy atom. The van der Waals surface area contributed by atoms with Crippen LogP contribution in [0.15, 0.2) is 5.38 Å². The topological polar surface area (TPSA) is 38.9 Å². The summed E-state index contributed by atoms with van der Waals surface area (Å²) in [6, 6.07) is 0. The molecule has 1 rings (SSSR count). The van der Waals surface area contributed by atoms with Crippen LogP contribution in [-0.2, 0) is 5.54 Å². The zero-order valence-corrected chi connectivity index (χ0v) is 10.3. The summed E-state index contributed by atoms with van der Waals surface area (Å²) in [5.41, 5.74) is 6.92. The number of nitrogens with two attached hydrogens (primary N) is 1.